The van der Waals surface area contributed by atoms with E-state index in [0.717, 1.165) is 35.8 Å². The third-order valence-electron chi connectivity index (χ3n) is 8.38. The third kappa shape index (κ3) is 6.51. The summed E-state index contributed by atoms with van der Waals surface area (Å²) < 4.78 is 0. The number of allylic oxidation sites excluding steroid dienone is 7. The Balaban J connectivity index is 2.30. The zero-order valence-electron chi connectivity index (χ0n) is 22.1. The number of aliphatic hydroxyl groups is 4. The molecule has 2 fully saturated rings. The summed E-state index contributed by atoms with van der Waals surface area (Å²) in [5.41, 5.74) is 2.79. The molecule has 1 unspecified atom stereocenters. The Labute approximate surface area is 211 Å². The van der Waals surface area contributed by atoms with Crippen LogP contribution >= 0.6 is 0 Å². The summed E-state index contributed by atoms with van der Waals surface area (Å²) in [7, 11) is 0. The Morgan fingerprint density at radius 1 is 1.20 bits per heavy atom. The molecule has 2 saturated carbocycles. The lowest BCUT2D eigenvalue weighted by atomic mass is 9.52. The number of aliphatic hydroxyl groups excluding tert-OH is 3. The zero-order chi connectivity index (χ0) is 26.2. The van der Waals surface area contributed by atoms with Crippen LogP contribution in [0.5, 0.6) is 0 Å². The van der Waals surface area contributed by atoms with E-state index in [-0.39, 0.29) is 25.0 Å². The van der Waals surface area contributed by atoms with Gasteiger partial charge in [-0.15, -0.1) is 0 Å². The summed E-state index contributed by atoms with van der Waals surface area (Å²) >= 11 is 0. The van der Waals surface area contributed by atoms with Gasteiger partial charge in [-0.25, -0.2) is 0 Å². The molecule has 0 heterocycles. The van der Waals surface area contributed by atoms with Crippen molar-refractivity contribution in [3.05, 3.63) is 58.7 Å². The van der Waals surface area contributed by atoms with E-state index in [2.05, 4.69) is 26.5 Å². The molecule has 0 aromatic rings. The first-order valence-electron chi connectivity index (χ1n) is 13.0. The second kappa shape index (κ2) is 13.0. The lowest BCUT2D eigenvalue weighted by Gasteiger charge is -2.55. The quantitative estimate of drug-likeness (QED) is 0.143. The maximum atomic E-state index is 11.7. The standard InChI is InChI=1S/C30H46O5/c1-21(2)9-6-11-24(20-33)12-7-10-22(3)26-15-17-30(28(26)34)27(13-8-18-31)25(23(4)19-32)14-16-29(30,5)35/h7,9-10,12,19,26-28,31,33-35H,3,6,8,11,13-18,20H2,1-2,4-5H3/t26-,27-,28+,29+,30?/m1/s1. The van der Waals surface area contributed by atoms with Crippen molar-refractivity contribution in [2.45, 2.75) is 90.8 Å². The van der Waals surface area contributed by atoms with Crippen LogP contribution < -0.4 is 0 Å². The predicted molar refractivity (Wildman–Crippen MR) is 142 cm³/mol. The molecule has 5 nitrogen and oxygen atoms in total. The minimum atomic E-state index is -1.09. The third-order valence-corrected chi connectivity index (χ3v) is 8.38. The van der Waals surface area contributed by atoms with Gasteiger partial charge in [0.15, 0.2) is 0 Å². The minimum absolute atomic E-state index is 0.00316. The summed E-state index contributed by atoms with van der Waals surface area (Å²) in [5.74, 6) is -0.377. The van der Waals surface area contributed by atoms with Gasteiger partial charge in [0, 0.05) is 17.9 Å². The normalized spacial score (nSPS) is 32.8. The highest BCUT2D eigenvalue weighted by atomic mass is 16.3. The number of hydrogen-bond donors (Lipinski definition) is 4. The van der Waals surface area contributed by atoms with E-state index in [1.807, 2.05) is 32.1 Å². The molecule has 4 N–H and O–H groups in total. The first-order valence-corrected chi connectivity index (χ1v) is 13.0. The van der Waals surface area contributed by atoms with Gasteiger partial charge in [0.2, 0.25) is 0 Å². The van der Waals surface area contributed by atoms with Crippen LogP contribution in [0.25, 0.3) is 0 Å². The molecule has 1 spiro atoms. The molecular formula is C30H46O5. The fourth-order valence-corrected chi connectivity index (χ4v) is 6.35. The van der Waals surface area contributed by atoms with Crippen molar-refractivity contribution in [2.75, 3.05) is 13.2 Å². The Bertz CT molecular complexity index is 871. The van der Waals surface area contributed by atoms with Gasteiger partial charge in [-0.1, -0.05) is 42.0 Å². The molecule has 0 amide bonds. The summed E-state index contributed by atoms with van der Waals surface area (Å²) in [6.07, 6.45) is 13.2. The van der Waals surface area contributed by atoms with Crippen molar-refractivity contribution in [3.8, 4) is 0 Å². The van der Waals surface area contributed by atoms with Gasteiger partial charge in [-0.2, -0.15) is 0 Å². The second-order valence-corrected chi connectivity index (χ2v) is 10.9. The summed E-state index contributed by atoms with van der Waals surface area (Å²) in [6.45, 7) is 12.0. The summed E-state index contributed by atoms with van der Waals surface area (Å²) in [4.78, 5) is 11.7. The molecule has 0 saturated heterocycles. The SMILES string of the molecule is C=C(C=CC=C(CO)CCC=C(C)C)[C@H]1CCC2([C@H](CCCO)C(=C(C)C=O)CC[C@]2(C)O)[C@H]1O. The van der Waals surface area contributed by atoms with Gasteiger partial charge >= 0.3 is 0 Å². The van der Waals surface area contributed by atoms with Gasteiger partial charge in [0.25, 0.3) is 0 Å². The van der Waals surface area contributed by atoms with Gasteiger partial charge in [-0.05, 0) is 102 Å². The van der Waals surface area contributed by atoms with Gasteiger partial charge in [0.1, 0.15) is 6.29 Å². The Morgan fingerprint density at radius 3 is 2.51 bits per heavy atom. The largest absolute Gasteiger partial charge is 0.396 e. The van der Waals surface area contributed by atoms with Crippen LogP contribution in [0.1, 0.15) is 79.1 Å². The van der Waals surface area contributed by atoms with Crippen molar-refractivity contribution in [3.63, 3.8) is 0 Å². The van der Waals surface area contributed by atoms with Crippen LogP contribution in [0.15, 0.2) is 58.7 Å². The highest BCUT2D eigenvalue weighted by Crippen LogP contribution is 2.62. The number of rotatable bonds is 11. The average molecular weight is 487 g/mol. The van der Waals surface area contributed by atoms with Crippen LogP contribution in [-0.4, -0.2) is 51.6 Å². The maximum absolute atomic E-state index is 11.7. The van der Waals surface area contributed by atoms with Gasteiger partial charge in [0.05, 0.1) is 18.3 Å². The predicted octanol–water partition coefficient (Wildman–Crippen LogP) is 4.97. The highest BCUT2D eigenvalue weighted by Gasteiger charge is 2.63. The first kappa shape index (κ1) is 29.4. The van der Waals surface area contributed by atoms with Gasteiger partial charge < -0.3 is 20.4 Å². The molecule has 5 heteroatoms. The Morgan fingerprint density at radius 2 is 1.91 bits per heavy atom. The smallest absolute Gasteiger partial charge is 0.145 e. The van der Waals surface area contributed by atoms with E-state index in [1.54, 1.807) is 0 Å². The van der Waals surface area contributed by atoms with Crippen LogP contribution in [0.3, 0.4) is 0 Å². The van der Waals surface area contributed by atoms with E-state index in [4.69, 9.17) is 0 Å². The molecule has 2 aliphatic rings. The average Bonchev–Trinajstić information content (AvgIpc) is 3.16. The van der Waals surface area contributed by atoms with Crippen molar-refractivity contribution >= 4 is 6.29 Å². The molecule has 0 aliphatic heterocycles. The molecule has 2 rings (SSSR count). The van der Waals surface area contributed by atoms with Crippen LogP contribution in [0, 0.1) is 17.3 Å². The van der Waals surface area contributed by atoms with E-state index in [1.165, 1.54) is 5.57 Å². The van der Waals surface area contributed by atoms with Crippen molar-refractivity contribution in [1.82, 2.24) is 0 Å². The topological polar surface area (TPSA) is 98.0 Å². The van der Waals surface area contributed by atoms with Gasteiger partial charge in [-0.3, -0.25) is 4.79 Å². The molecule has 0 bridgehead atoms. The number of hydrogen-bond acceptors (Lipinski definition) is 5. The molecule has 5 atom stereocenters. The molecule has 0 aromatic carbocycles. The maximum Gasteiger partial charge on any atom is 0.145 e. The first-order chi connectivity index (χ1) is 16.6. The summed E-state index contributed by atoms with van der Waals surface area (Å²) in [6, 6.07) is 0. The van der Waals surface area contributed by atoms with Crippen molar-refractivity contribution in [2.24, 2.45) is 17.3 Å². The Kier molecular flexibility index (Phi) is 10.9. The van der Waals surface area contributed by atoms with Crippen LogP contribution in [0.2, 0.25) is 0 Å². The highest BCUT2D eigenvalue weighted by molar-refractivity contribution is 5.74. The molecule has 2 aliphatic carbocycles. The Hall–Kier alpha value is -1.79. The second-order valence-electron chi connectivity index (χ2n) is 10.9. The van der Waals surface area contributed by atoms with E-state index >= 15 is 0 Å². The zero-order valence-corrected chi connectivity index (χ0v) is 22.1. The van der Waals surface area contributed by atoms with E-state index in [9.17, 15) is 25.2 Å². The van der Waals surface area contributed by atoms with Crippen LogP contribution in [-0.2, 0) is 4.79 Å². The van der Waals surface area contributed by atoms with Crippen molar-refractivity contribution in [1.29, 1.82) is 0 Å². The van der Waals surface area contributed by atoms with Crippen molar-refractivity contribution < 1.29 is 25.2 Å². The lowest BCUT2D eigenvalue weighted by Crippen LogP contribution is -2.59. The molecule has 35 heavy (non-hydrogen) atoms. The molecule has 0 aromatic heterocycles. The fraction of sp³-hybridized carbons (Fsp3) is 0.633. The van der Waals surface area contributed by atoms with Crippen LogP contribution in [0.4, 0.5) is 0 Å². The monoisotopic (exact) mass is 486 g/mol. The number of carbonyl (C=O) groups is 1. The number of aldehydes is 1. The number of carbonyl (C=O) groups excluding carboxylic acids is 1. The molecular weight excluding hydrogens is 440 g/mol. The lowest BCUT2D eigenvalue weighted by molar-refractivity contribution is -0.167. The summed E-state index contributed by atoms with van der Waals surface area (Å²) in [5, 5.41) is 42.6. The molecule has 196 valence electrons. The molecule has 0 radical (unpaired) electrons. The van der Waals surface area contributed by atoms with E-state index in [0.29, 0.717) is 44.1 Å². The van der Waals surface area contributed by atoms with E-state index < -0.39 is 17.1 Å². The fourth-order valence-electron chi connectivity index (χ4n) is 6.35. The minimum Gasteiger partial charge on any atom is -0.396 e.